The van der Waals surface area contributed by atoms with E-state index < -0.39 is 0 Å². The highest BCUT2D eigenvalue weighted by atomic mass is 16.4. The zero-order chi connectivity index (χ0) is 8.27. The minimum atomic E-state index is 0.838. The molecule has 4 heteroatoms. The SMILES string of the molecule is CCn1ncc(C=NO)c1C. The molecule has 0 aromatic carbocycles. The van der Waals surface area contributed by atoms with Gasteiger partial charge in [0.15, 0.2) is 0 Å². The monoisotopic (exact) mass is 153 g/mol. The fourth-order valence-electron chi connectivity index (χ4n) is 0.969. The van der Waals surface area contributed by atoms with Crippen LogP contribution in [-0.4, -0.2) is 21.2 Å². The lowest BCUT2D eigenvalue weighted by Crippen LogP contribution is -1.98. The van der Waals surface area contributed by atoms with Gasteiger partial charge in [0.05, 0.1) is 12.4 Å². The maximum Gasteiger partial charge on any atom is 0.0768 e. The lowest BCUT2D eigenvalue weighted by molar-refractivity contribution is 0.322. The highest BCUT2D eigenvalue weighted by Gasteiger charge is 2.00. The van der Waals surface area contributed by atoms with E-state index in [9.17, 15) is 0 Å². The summed E-state index contributed by atoms with van der Waals surface area (Å²) in [6.07, 6.45) is 3.06. The van der Waals surface area contributed by atoms with E-state index in [1.807, 2.05) is 18.5 Å². The summed E-state index contributed by atoms with van der Waals surface area (Å²) in [6.45, 7) is 4.79. The first-order valence-electron chi connectivity index (χ1n) is 3.49. The smallest absolute Gasteiger partial charge is 0.0768 e. The van der Waals surface area contributed by atoms with Crippen LogP contribution in [0.4, 0.5) is 0 Å². The molecular weight excluding hydrogens is 142 g/mol. The van der Waals surface area contributed by atoms with Crippen LogP contribution in [0, 0.1) is 6.92 Å². The summed E-state index contributed by atoms with van der Waals surface area (Å²) in [4.78, 5) is 0. The van der Waals surface area contributed by atoms with Crippen LogP contribution in [0.15, 0.2) is 11.4 Å². The van der Waals surface area contributed by atoms with E-state index >= 15 is 0 Å². The van der Waals surface area contributed by atoms with Crippen molar-refractivity contribution in [2.75, 3.05) is 0 Å². The molecule has 4 nitrogen and oxygen atoms in total. The van der Waals surface area contributed by atoms with Gasteiger partial charge in [0.1, 0.15) is 0 Å². The molecule has 0 aliphatic heterocycles. The van der Waals surface area contributed by atoms with E-state index in [0.717, 1.165) is 17.8 Å². The minimum Gasteiger partial charge on any atom is -0.411 e. The molecule has 0 unspecified atom stereocenters. The summed E-state index contributed by atoms with van der Waals surface area (Å²) >= 11 is 0. The van der Waals surface area contributed by atoms with E-state index in [-0.39, 0.29) is 0 Å². The fourth-order valence-corrected chi connectivity index (χ4v) is 0.969. The second-order valence-electron chi connectivity index (χ2n) is 2.25. The molecule has 0 saturated heterocycles. The van der Waals surface area contributed by atoms with Crippen LogP contribution in [-0.2, 0) is 6.54 Å². The van der Waals surface area contributed by atoms with Crippen LogP contribution >= 0.6 is 0 Å². The lowest BCUT2D eigenvalue weighted by Gasteiger charge is -1.97. The lowest BCUT2D eigenvalue weighted by atomic mass is 10.3. The Balaban J connectivity index is 3.00. The van der Waals surface area contributed by atoms with Gasteiger partial charge in [-0.15, -0.1) is 0 Å². The number of hydrogen-bond acceptors (Lipinski definition) is 3. The van der Waals surface area contributed by atoms with E-state index in [2.05, 4.69) is 10.3 Å². The molecule has 0 amide bonds. The van der Waals surface area contributed by atoms with Crippen LogP contribution in [0.25, 0.3) is 0 Å². The number of rotatable bonds is 2. The normalized spacial score (nSPS) is 11.1. The van der Waals surface area contributed by atoms with E-state index in [0.29, 0.717) is 0 Å². The van der Waals surface area contributed by atoms with Crippen LogP contribution in [0.1, 0.15) is 18.2 Å². The Kier molecular flexibility index (Phi) is 2.25. The summed E-state index contributed by atoms with van der Waals surface area (Å²) in [6, 6.07) is 0. The quantitative estimate of drug-likeness (QED) is 0.392. The van der Waals surface area contributed by atoms with E-state index in [1.165, 1.54) is 6.21 Å². The Morgan fingerprint density at radius 2 is 2.55 bits per heavy atom. The van der Waals surface area contributed by atoms with Gasteiger partial charge in [0.25, 0.3) is 0 Å². The third-order valence-corrected chi connectivity index (χ3v) is 1.64. The first-order chi connectivity index (χ1) is 5.29. The zero-order valence-corrected chi connectivity index (χ0v) is 6.65. The van der Waals surface area contributed by atoms with Crippen molar-refractivity contribution >= 4 is 6.21 Å². The summed E-state index contributed by atoms with van der Waals surface area (Å²) < 4.78 is 1.84. The van der Waals surface area contributed by atoms with Gasteiger partial charge < -0.3 is 5.21 Å². The van der Waals surface area contributed by atoms with Gasteiger partial charge in [-0.3, -0.25) is 4.68 Å². The van der Waals surface area contributed by atoms with Crippen LogP contribution in [0.5, 0.6) is 0 Å². The second-order valence-corrected chi connectivity index (χ2v) is 2.25. The molecule has 0 saturated carbocycles. The molecule has 1 N–H and O–H groups in total. The maximum absolute atomic E-state index is 8.26. The van der Waals surface area contributed by atoms with Crippen molar-refractivity contribution in [2.45, 2.75) is 20.4 Å². The van der Waals surface area contributed by atoms with E-state index in [4.69, 9.17) is 5.21 Å². The standard InChI is InChI=1S/C7H11N3O/c1-3-10-6(2)7(4-8-10)5-9-11/h4-5,11H,3H2,1-2H3. The average molecular weight is 153 g/mol. The summed E-state index contributed by atoms with van der Waals surface area (Å²) in [5.74, 6) is 0. The zero-order valence-electron chi connectivity index (χ0n) is 6.65. The van der Waals surface area contributed by atoms with Gasteiger partial charge in [-0.1, -0.05) is 5.16 Å². The van der Waals surface area contributed by atoms with Gasteiger partial charge in [-0.2, -0.15) is 5.10 Å². The number of aryl methyl sites for hydroxylation is 1. The summed E-state index contributed by atoms with van der Waals surface area (Å²) in [5, 5.41) is 15.3. The highest BCUT2D eigenvalue weighted by Crippen LogP contribution is 2.03. The van der Waals surface area contributed by atoms with Gasteiger partial charge in [0.2, 0.25) is 0 Å². The van der Waals surface area contributed by atoms with Gasteiger partial charge >= 0.3 is 0 Å². The molecule has 1 aromatic rings. The molecular formula is C7H11N3O. The predicted molar refractivity (Wildman–Crippen MR) is 42.0 cm³/mol. The number of nitrogens with zero attached hydrogens (tertiary/aromatic N) is 3. The van der Waals surface area contributed by atoms with Gasteiger partial charge in [0, 0.05) is 17.8 Å². The molecule has 0 spiro atoms. The molecule has 0 bridgehead atoms. The Morgan fingerprint density at radius 3 is 3.00 bits per heavy atom. The molecule has 1 heterocycles. The van der Waals surface area contributed by atoms with Gasteiger partial charge in [-0.05, 0) is 13.8 Å². The molecule has 0 atom stereocenters. The Labute approximate surface area is 65.1 Å². The Hall–Kier alpha value is -1.32. The molecule has 1 rings (SSSR count). The molecule has 1 aromatic heterocycles. The Morgan fingerprint density at radius 1 is 1.82 bits per heavy atom. The van der Waals surface area contributed by atoms with Crippen molar-refractivity contribution in [3.63, 3.8) is 0 Å². The van der Waals surface area contributed by atoms with Crippen LogP contribution in [0.3, 0.4) is 0 Å². The molecule has 0 aliphatic carbocycles. The second kappa shape index (κ2) is 3.18. The van der Waals surface area contributed by atoms with Crippen molar-refractivity contribution in [1.29, 1.82) is 0 Å². The summed E-state index contributed by atoms with van der Waals surface area (Å²) in [5.41, 5.74) is 1.87. The predicted octanol–water partition coefficient (Wildman–Crippen LogP) is 1.02. The van der Waals surface area contributed by atoms with Gasteiger partial charge in [-0.25, -0.2) is 0 Å². The third kappa shape index (κ3) is 1.39. The minimum absolute atomic E-state index is 0.838. The molecule has 0 fully saturated rings. The first-order valence-corrected chi connectivity index (χ1v) is 3.49. The third-order valence-electron chi connectivity index (χ3n) is 1.64. The van der Waals surface area contributed by atoms with Crippen molar-refractivity contribution in [3.05, 3.63) is 17.5 Å². The number of aromatic nitrogens is 2. The largest absolute Gasteiger partial charge is 0.411 e. The number of oxime groups is 1. The Bertz CT molecular complexity index is 265. The van der Waals surface area contributed by atoms with Crippen LogP contribution < -0.4 is 0 Å². The van der Waals surface area contributed by atoms with Crippen molar-refractivity contribution in [2.24, 2.45) is 5.16 Å². The van der Waals surface area contributed by atoms with Crippen molar-refractivity contribution < 1.29 is 5.21 Å². The van der Waals surface area contributed by atoms with Crippen molar-refractivity contribution in [1.82, 2.24) is 9.78 Å². The molecule has 0 radical (unpaired) electrons. The average Bonchev–Trinajstić information content (AvgIpc) is 2.34. The molecule has 0 aliphatic rings. The van der Waals surface area contributed by atoms with Crippen LogP contribution in [0.2, 0.25) is 0 Å². The first kappa shape index (κ1) is 7.78. The molecule has 60 valence electrons. The summed E-state index contributed by atoms with van der Waals surface area (Å²) in [7, 11) is 0. The number of hydrogen-bond donors (Lipinski definition) is 1. The highest BCUT2D eigenvalue weighted by molar-refractivity contribution is 5.79. The maximum atomic E-state index is 8.26. The topological polar surface area (TPSA) is 50.4 Å². The molecule has 11 heavy (non-hydrogen) atoms. The van der Waals surface area contributed by atoms with E-state index in [1.54, 1.807) is 6.20 Å². The van der Waals surface area contributed by atoms with Crippen molar-refractivity contribution in [3.8, 4) is 0 Å². The fraction of sp³-hybridized carbons (Fsp3) is 0.429.